The molecule has 1 aliphatic carbocycles. The smallest absolute Gasteiger partial charge is 0.127 e. The summed E-state index contributed by atoms with van der Waals surface area (Å²) in [5.74, 6) is 1.68. The summed E-state index contributed by atoms with van der Waals surface area (Å²) in [6, 6.07) is 5.86. The zero-order valence-corrected chi connectivity index (χ0v) is 10.7. The van der Waals surface area contributed by atoms with E-state index < -0.39 is 0 Å². The molecule has 2 N–H and O–H groups in total. The lowest BCUT2D eigenvalue weighted by Gasteiger charge is -2.35. The fourth-order valence-corrected chi connectivity index (χ4v) is 2.77. The second-order valence-electron chi connectivity index (χ2n) is 4.75. The molecule has 1 fully saturated rings. The van der Waals surface area contributed by atoms with Crippen molar-refractivity contribution < 1.29 is 9.47 Å². The zero-order chi connectivity index (χ0) is 12.3. The molecule has 3 heteroatoms. The van der Waals surface area contributed by atoms with Crippen LogP contribution in [-0.4, -0.2) is 14.2 Å². The maximum atomic E-state index is 6.57. The molecule has 0 bridgehead atoms. The molecule has 0 amide bonds. The lowest BCUT2D eigenvalue weighted by molar-refractivity contribution is 0.275. The molecule has 0 aromatic heterocycles. The van der Waals surface area contributed by atoms with E-state index in [1.807, 2.05) is 18.2 Å². The van der Waals surface area contributed by atoms with Crippen LogP contribution in [0, 0.1) is 0 Å². The summed E-state index contributed by atoms with van der Waals surface area (Å²) in [6.45, 7) is 0. The van der Waals surface area contributed by atoms with Gasteiger partial charge in [0.25, 0.3) is 0 Å². The Morgan fingerprint density at radius 3 is 2.00 bits per heavy atom. The predicted octanol–water partition coefficient (Wildman–Crippen LogP) is 2.82. The van der Waals surface area contributed by atoms with Crippen molar-refractivity contribution in [3.8, 4) is 11.5 Å². The largest absolute Gasteiger partial charge is 0.496 e. The minimum absolute atomic E-state index is 0.295. The normalized spacial score (nSPS) is 18.8. The van der Waals surface area contributed by atoms with Crippen molar-refractivity contribution in [1.29, 1.82) is 0 Å². The Morgan fingerprint density at radius 1 is 1.00 bits per heavy atom. The molecule has 2 rings (SSSR count). The summed E-state index contributed by atoms with van der Waals surface area (Å²) in [5.41, 5.74) is 7.31. The van der Waals surface area contributed by atoms with Crippen molar-refractivity contribution in [2.75, 3.05) is 14.2 Å². The van der Waals surface area contributed by atoms with Crippen LogP contribution >= 0.6 is 0 Å². The summed E-state index contributed by atoms with van der Waals surface area (Å²) in [7, 11) is 3.37. The van der Waals surface area contributed by atoms with Gasteiger partial charge in [0.1, 0.15) is 11.5 Å². The van der Waals surface area contributed by atoms with Gasteiger partial charge in [-0.15, -0.1) is 0 Å². The minimum atomic E-state index is -0.295. The number of benzene rings is 1. The average Bonchev–Trinajstić information content (AvgIpc) is 2.38. The van der Waals surface area contributed by atoms with Crippen LogP contribution in [0.5, 0.6) is 11.5 Å². The number of methoxy groups -OCH3 is 2. The van der Waals surface area contributed by atoms with Crippen LogP contribution in [0.3, 0.4) is 0 Å². The van der Waals surface area contributed by atoms with Gasteiger partial charge < -0.3 is 15.2 Å². The first-order chi connectivity index (χ1) is 8.21. The lowest BCUT2D eigenvalue weighted by Crippen LogP contribution is -2.39. The summed E-state index contributed by atoms with van der Waals surface area (Å²) < 4.78 is 10.9. The van der Waals surface area contributed by atoms with E-state index in [1.54, 1.807) is 14.2 Å². The molecule has 94 valence electrons. The number of ether oxygens (including phenoxy) is 2. The molecule has 0 aliphatic heterocycles. The Bertz CT molecular complexity index is 362. The van der Waals surface area contributed by atoms with Gasteiger partial charge in [-0.25, -0.2) is 0 Å². The van der Waals surface area contributed by atoms with Crippen molar-refractivity contribution in [1.82, 2.24) is 0 Å². The fraction of sp³-hybridized carbons (Fsp3) is 0.571. The lowest BCUT2D eigenvalue weighted by atomic mass is 9.76. The monoisotopic (exact) mass is 235 g/mol. The molecule has 0 saturated heterocycles. The highest BCUT2D eigenvalue weighted by atomic mass is 16.5. The molecule has 0 atom stereocenters. The third-order valence-electron chi connectivity index (χ3n) is 3.67. The van der Waals surface area contributed by atoms with E-state index in [-0.39, 0.29) is 5.54 Å². The second kappa shape index (κ2) is 4.96. The van der Waals surface area contributed by atoms with Crippen molar-refractivity contribution in [2.24, 2.45) is 5.73 Å². The molecule has 3 nitrogen and oxygen atoms in total. The summed E-state index contributed by atoms with van der Waals surface area (Å²) in [5, 5.41) is 0. The maximum absolute atomic E-state index is 6.57. The van der Waals surface area contributed by atoms with Gasteiger partial charge in [0.05, 0.1) is 19.8 Å². The van der Waals surface area contributed by atoms with Crippen LogP contribution < -0.4 is 15.2 Å². The maximum Gasteiger partial charge on any atom is 0.127 e. The molecule has 0 heterocycles. The quantitative estimate of drug-likeness (QED) is 0.876. The molecule has 1 aromatic carbocycles. The third-order valence-corrected chi connectivity index (χ3v) is 3.67. The molecule has 0 radical (unpaired) electrons. The number of rotatable bonds is 3. The van der Waals surface area contributed by atoms with E-state index in [1.165, 1.54) is 19.3 Å². The Labute approximate surface area is 103 Å². The van der Waals surface area contributed by atoms with E-state index in [2.05, 4.69) is 0 Å². The number of hydrogen-bond acceptors (Lipinski definition) is 3. The molecule has 0 spiro atoms. The molecule has 1 aliphatic rings. The Hall–Kier alpha value is -1.22. The van der Waals surface area contributed by atoms with E-state index >= 15 is 0 Å². The van der Waals surface area contributed by atoms with Gasteiger partial charge in [-0.2, -0.15) is 0 Å². The molecule has 1 saturated carbocycles. The third kappa shape index (κ3) is 2.25. The minimum Gasteiger partial charge on any atom is -0.496 e. The second-order valence-corrected chi connectivity index (χ2v) is 4.75. The highest BCUT2D eigenvalue weighted by Crippen LogP contribution is 2.43. The van der Waals surface area contributed by atoms with Crippen LogP contribution in [0.4, 0.5) is 0 Å². The van der Waals surface area contributed by atoms with Crippen molar-refractivity contribution in [2.45, 2.75) is 37.6 Å². The fourth-order valence-electron chi connectivity index (χ4n) is 2.77. The molecular weight excluding hydrogens is 214 g/mol. The van der Waals surface area contributed by atoms with Crippen LogP contribution in [0.1, 0.15) is 37.7 Å². The van der Waals surface area contributed by atoms with Gasteiger partial charge in [0.2, 0.25) is 0 Å². The number of hydrogen-bond donors (Lipinski definition) is 1. The van der Waals surface area contributed by atoms with Gasteiger partial charge in [-0.3, -0.25) is 0 Å². The van der Waals surface area contributed by atoms with Gasteiger partial charge in [0, 0.05) is 5.54 Å². The molecule has 0 unspecified atom stereocenters. The summed E-state index contributed by atoms with van der Waals surface area (Å²) in [4.78, 5) is 0. The van der Waals surface area contributed by atoms with Gasteiger partial charge in [-0.1, -0.05) is 25.3 Å². The van der Waals surface area contributed by atoms with E-state index in [0.29, 0.717) is 0 Å². The summed E-state index contributed by atoms with van der Waals surface area (Å²) in [6.07, 6.45) is 5.64. The molecule has 17 heavy (non-hydrogen) atoms. The van der Waals surface area contributed by atoms with E-state index in [4.69, 9.17) is 15.2 Å². The Morgan fingerprint density at radius 2 is 1.53 bits per heavy atom. The highest BCUT2D eigenvalue weighted by molar-refractivity contribution is 5.49. The SMILES string of the molecule is COc1cccc(OC)c1C1(N)CCCCC1. The first kappa shape index (κ1) is 12.2. The van der Waals surface area contributed by atoms with Crippen LogP contribution in [0.25, 0.3) is 0 Å². The predicted molar refractivity (Wildman–Crippen MR) is 68.5 cm³/mol. The highest BCUT2D eigenvalue weighted by Gasteiger charge is 2.34. The van der Waals surface area contributed by atoms with Gasteiger partial charge in [-0.05, 0) is 25.0 Å². The standard InChI is InChI=1S/C14H21NO2/c1-16-11-7-6-8-12(17-2)13(11)14(15)9-4-3-5-10-14/h6-8H,3-5,9-10,15H2,1-2H3. The van der Waals surface area contributed by atoms with Gasteiger partial charge in [0.15, 0.2) is 0 Å². The van der Waals surface area contributed by atoms with E-state index in [9.17, 15) is 0 Å². The summed E-state index contributed by atoms with van der Waals surface area (Å²) >= 11 is 0. The Kier molecular flexibility index (Phi) is 3.57. The average molecular weight is 235 g/mol. The first-order valence-electron chi connectivity index (χ1n) is 6.21. The number of nitrogens with two attached hydrogens (primary N) is 1. The van der Waals surface area contributed by atoms with Gasteiger partial charge >= 0.3 is 0 Å². The van der Waals surface area contributed by atoms with Crippen molar-refractivity contribution in [3.05, 3.63) is 23.8 Å². The van der Waals surface area contributed by atoms with Crippen LogP contribution in [0.15, 0.2) is 18.2 Å². The molecular formula is C14H21NO2. The van der Waals surface area contributed by atoms with Crippen LogP contribution in [-0.2, 0) is 5.54 Å². The van der Waals surface area contributed by atoms with Crippen molar-refractivity contribution >= 4 is 0 Å². The Balaban J connectivity index is 2.47. The van der Waals surface area contributed by atoms with Crippen molar-refractivity contribution in [3.63, 3.8) is 0 Å². The molecule has 1 aromatic rings. The zero-order valence-electron chi connectivity index (χ0n) is 10.7. The van der Waals surface area contributed by atoms with Crippen LogP contribution in [0.2, 0.25) is 0 Å². The first-order valence-corrected chi connectivity index (χ1v) is 6.21. The van der Waals surface area contributed by atoms with E-state index in [0.717, 1.165) is 29.9 Å². The topological polar surface area (TPSA) is 44.5 Å².